The normalized spacial score (nSPS) is 15.4. The first kappa shape index (κ1) is 18.2. The predicted octanol–water partition coefficient (Wildman–Crippen LogP) is 4.76. The number of furan rings is 1. The highest BCUT2D eigenvalue weighted by Crippen LogP contribution is 2.35. The zero-order valence-corrected chi connectivity index (χ0v) is 16.0. The molecule has 7 heteroatoms. The molecule has 1 aromatic heterocycles. The van der Waals surface area contributed by atoms with Gasteiger partial charge < -0.3 is 14.4 Å². The summed E-state index contributed by atoms with van der Waals surface area (Å²) in [5.74, 6) is -1.20. The van der Waals surface area contributed by atoms with E-state index >= 15 is 0 Å². The van der Waals surface area contributed by atoms with Gasteiger partial charge in [-0.15, -0.1) is 0 Å². The topological polar surface area (TPSA) is 56.9 Å². The summed E-state index contributed by atoms with van der Waals surface area (Å²) in [7, 11) is 0. The van der Waals surface area contributed by atoms with Crippen LogP contribution in [0.3, 0.4) is 0 Å². The molecule has 0 radical (unpaired) electrons. The number of halogens is 2. The third-order valence-corrected chi connectivity index (χ3v) is 5.51. The minimum absolute atomic E-state index is 0.100. The molecule has 2 heterocycles. The highest BCUT2D eigenvalue weighted by molar-refractivity contribution is 6.38. The first-order valence-electron chi connectivity index (χ1n) is 8.68. The number of fused-ring (bicyclic) bond motifs is 1. The van der Waals surface area contributed by atoms with Gasteiger partial charge in [0.05, 0.1) is 10.7 Å². The maximum atomic E-state index is 11.1. The van der Waals surface area contributed by atoms with Crippen LogP contribution in [0.5, 0.6) is 0 Å². The fourth-order valence-electron chi connectivity index (χ4n) is 3.41. The van der Waals surface area contributed by atoms with E-state index in [-0.39, 0.29) is 5.76 Å². The molecular weight excluding hydrogens is 387 g/mol. The Labute approximate surface area is 166 Å². The van der Waals surface area contributed by atoms with Gasteiger partial charge in [-0.2, -0.15) is 0 Å². The second-order valence-corrected chi connectivity index (χ2v) is 7.43. The number of piperazine rings is 1. The SMILES string of the molecule is O=C(O)c1cc2c(Cl)c(N3CCN(Cc4ccc(Cl)cc4)CC3)ccc2o1. The van der Waals surface area contributed by atoms with Crippen LogP contribution in [0.1, 0.15) is 16.1 Å². The summed E-state index contributed by atoms with van der Waals surface area (Å²) in [4.78, 5) is 15.7. The van der Waals surface area contributed by atoms with Crippen LogP contribution in [0.15, 0.2) is 46.9 Å². The van der Waals surface area contributed by atoms with Crippen molar-refractivity contribution in [1.82, 2.24) is 4.90 Å². The molecule has 1 N–H and O–H groups in total. The molecule has 1 aliphatic rings. The summed E-state index contributed by atoms with van der Waals surface area (Å²) in [6.45, 7) is 4.43. The van der Waals surface area contributed by atoms with Crippen LogP contribution in [-0.2, 0) is 6.54 Å². The summed E-state index contributed by atoms with van der Waals surface area (Å²) >= 11 is 12.5. The number of hydrogen-bond donors (Lipinski definition) is 1. The monoisotopic (exact) mass is 404 g/mol. The van der Waals surface area contributed by atoms with E-state index in [1.54, 1.807) is 6.07 Å². The van der Waals surface area contributed by atoms with Gasteiger partial charge in [-0.3, -0.25) is 4.90 Å². The second kappa shape index (κ2) is 7.43. The first-order chi connectivity index (χ1) is 13.0. The van der Waals surface area contributed by atoms with Gasteiger partial charge >= 0.3 is 5.97 Å². The molecule has 1 saturated heterocycles. The third kappa shape index (κ3) is 3.76. The molecule has 2 aromatic carbocycles. The zero-order valence-electron chi connectivity index (χ0n) is 14.5. The van der Waals surface area contributed by atoms with E-state index in [0.717, 1.165) is 43.4 Å². The molecule has 4 rings (SSSR count). The zero-order chi connectivity index (χ0) is 19.0. The van der Waals surface area contributed by atoms with Crippen molar-refractivity contribution in [3.05, 3.63) is 63.8 Å². The van der Waals surface area contributed by atoms with Crippen LogP contribution in [0.25, 0.3) is 11.0 Å². The van der Waals surface area contributed by atoms with Crippen molar-refractivity contribution in [2.45, 2.75) is 6.54 Å². The lowest BCUT2D eigenvalue weighted by molar-refractivity contribution is 0.0665. The Morgan fingerprint density at radius 3 is 2.41 bits per heavy atom. The van der Waals surface area contributed by atoms with Gasteiger partial charge in [-0.25, -0.2) is 4.79 Å². The minimum atomic E-state index is -1.10. The van der Waals surface area contributed by atoms with Gasteiger partial charge in [0, 0.05) is 49.2 Å². The number of anilines is 1. The largest absolute Gasteiger partial charge is 0.475 e. The van der Waals surface area contributed by atoms with Crippen LogP contribution < -0.4 is 4.90 Å². The molecule has 0 amide bonds. The lowest BCUT2D eigenvalue weighted by atomic mass is 10.1. The van der Waals surface area contributed by atoms with Gasteiger partial charge in [0.2, 0.25) is 5.76 Å². The van der Waals surface area contributed by atoms with Crippen LogP contribution in [0, 0.1) is 0 Å². The van der Waals surface area contributed by atoms with Gasteiger partial charge in [-0.1, -0.05) is 35.3 Å². The van der Waals surface area contributed by atoms with Crippen molar-refractivity contribution in [1.29, 1.82) is 0 Å². The molecule has 0 aliphatic carbocycles. The molecule has 3 aromatic rings. The molecule has 0 atom stereocenters. The van der Waals surface area contributed by atoms with Crippen LogP contribution in [-0.4, -0.2) is 42.2 Å². The van der Waals surface area contributed by atoms with Gasteiger partial charge in [0.25, 0.3) is 0 Å². The highest BCUT2D eigenvalue weighted by atomic mass is 35.5. The number of carboxylic acids is 1. The molecular formula is C20H18Cl2N2O3. The Morgan fingerprint density at radius 2 is 1.74 bits per heavy atom. The van der Waals surface area contributed by atoms with E-state index in [0.29, 0.717) is 16.0 Å². The fraction of sp³-hybridized carbons (Fsp3) is 0.250. The summed E-state index contributed by atoms with van der Waals surface area (Å²) in [6, 6.07) is 13.1. The van der Waals surface area contributed by atoms with E-state index < -0.39 is 5.97 Å². The Balaban J connectivity index is 1.46. The maximum Gasteiger partial charge on any atom is 0.371 e. The van der Waals surface area contributed by atoms with Crippen molar-refractivity contribution < 1.29 is 14.3 Å². The Morgan fingerprint density at radius 1 is 1.04 bits per heavy atom. The van der Waals surface area contributed by atoms with E-state index in [4.69, 9.17) is 32.7 Å². The van der Waals surface area contributed by atoms with E-state index in [1.165, 1.54) is 11.6 Å². The molecule has 5 nitrogen and oxygen atoms in total. The van der Waals surface area contributed by atoms with Crippen molar-refractivity contribution in [2.75, 3.05) is 31.1 Å². The van der Waals surface area contributed by atoms with E-state index in [1.807, 2.05) is 18.2 Å². The van der Waals surface area contributed by atoms with Crippen molar-refractivity contribution in [3.8, 4) is 0 Å². The van der Waals surface area contributed by atoms with Gasteiger partial charge in [0.15, 0.2) is 0 Å². The number of hydrogen-bond acceptors (Lipinski definition) is 4. The molecule has 27 heavy (non-hydrogen) atoms. The number of carbonyl (C=O) groups is 1. The molecule has 140 valence electrons. The molecule has 0 saturated carbocycles. The second-order valence-electron chi connectivity index (χ2n) is 6.62. The summed E-state index contributed by atoms with van der Waals surface area (Å²) in [5, 5.41) is 11.0. The van der Waals surface area contributed by atoms with Crippen molar-refractivity contribution >= 4 is 45.8 Å². The molecule has 1 aliphatic heterocycles. The first-order valence-corrected chi connectivity index (χ1v) is 9.44. The number of aromatic carboxylic acids is 1. The Hall–Kier alpha value is -2.21. The molecule has 0 unspecified atom stereocenters. The average molecular weight is 405 g/mol. The number of carboxylic acid groups (broad SMARTS) is 1. The Kier molecular flexibility index (Phi) is 5.00. The predicted molar refractivity (Wildman–Crippen MR) is 107 cm³/mol. The third-order valence-electron chi connectivity index (χ3n) is 4.86. The molecule has 1 fully saturated rings. The summed E-state index contributed by atoms with van der Waals surface area (Å²) in [6.07, 6.45) is 0. The van der Waals surface area contributed by atoms with Gasteiger partial charge in [-0.05, 0) is 29.8 Å². The van der Waals surface area contributed by atoms with E-state index in [2.05, 4.69) is 21.9 Å². The fourth-order valence-corrected chi connectivity index (χ4v) is 3.87. The number of benzene rings is 2. The van der Waals surface area contributed by atoms with Crippen LogP contribution >= 0.6 is 23.2 Å². The molecule has 0 spiro atoms. The average Bonchev–Trinajstić information content (AvgIpc) is 3.11. The number of nitrogens with zero attached hydrogens (tertiary/aromatic N) is 2. The van der Waals surface area contributed by atoms with Crippen LogP contribution in [0.4, 0.5) is 5.69 Å². The number of rotatable bonds is 4. The summed E-state index contributed by atoms with van der Waals surface area (Å²) in [5.41, 5.74) is 2.64. The molecule has 0 bridgehead atoms. The minimum Gasteiger partial charge on any atom is -0.475 e. The standard InChI is InChI=1S/C20H18Cl2N2O3/c21-14-3-1-13(2-4-14)12-23-7-9-24(10-8-23)16-5-6-17-15(19(16)22)11-18(27-17)20(25)26/h1-6,11H,7-10,12H2,(H,25,26). The van der Waals surface area contributed by atoms with Crippen LogP contribution in [0.2, 0.25) is 10.0 Å². The summed E-state index contributed by atoms with van der Waals surface area (Å²) < 4.78 is 5.32. The quantitative estimate of drug-likeness (QED) is 0.678. The highest BCUT2D eigenvalue weighted by Gasteiger charge is 2.21. The Bertz CT molecular complexity index is 977. The lowest BCUT2D eigenvalue weighted by Crippen LogP contribution is -2.46. The lowest BCUT2D eigenvalue weighted by Gasteiger charge is -2.36. The van der Waals surface area contributed by atoms with Crippen molar-refractivity contribution in [2.24, 2.45) is 0 Å². The maximum absolute atomic E-state index is 11.1. The van der Waals surface area contributed by atoms with Gasteiger partial charge in [0.1, 0.15) is 5.58 Å². The van der Waals surface area contributed by atoms with Crippen molar-refractivity contribution in [3.63, 3.8) is 0 Å². The smallest absolute Gasteiger partial charge is 0.371 e. The van der Waals surface area contributed by atoms with E-state index in [9.17, 15) is 4.79 Å².